The molecule has 3 heteroatoms. The zero-order valence-corrected chi connectivity index (χ0v) is 28.9. The van der Waals surface area contributed by atoms with Crippen LogP contribution in [0.5, 0.6) is 0 Å². The highest BCUT2D eigenvalue weighted by Gasteiger charge is 2.16. The smallest absolute Gasteiger partial charge is 0.0849 e. The number of nitrogens with zero attached hydrogens (tertiary/aromatic N) is 3. The number of aryl methyl sites for hydroxylation is 2. The molecule has 1 heterocycles. The first-order valence-electron chi connectivity index (χ1n) is 17.0. The molecule has 242 valence electrons. The Balaban J connectivity index is 1.35. The number of aromatic nitrogens is 1. The summed E-state index contributed by atoms with van der Waals surface area (Å²) in [4.78, 5) is 15.8. The zero-order chi connectivity index (χ0) is 34.5. The van der Waals surface area contributed by atoms with Gasteiger partial charge < -0.3 is 0 Å². The van der Waals surface area contributed by atoms with Crippen LogP contribution in [0.4, 0.5) is 11.4 Å². The number of hydrogen-bond donors (Lipinski definition) is 0. The fraction of sp³-hybridized carbons (Fsp3) is 0.0851. The van der Waals surface area contributed by atoms with E-state index in [0.29, 0.717) is 0 Å². The first kappa shape index (κ1) is 32.4. The Bertz CT molecular complexity index is 2040. The summed E-state index contributed by atoms with van der Waals surface area (Å²) < 4.78 is 0. The van der Waals surface area contributed by atoms with Crippen molar-refractivity contribution in [1.82, 2.24) is 4.98 Å². The largest absolute Gasteiger partial charge is 0.250 e. The lowest BCUT2D eigenvalue weighted by Gasteiger charge is -2.16. The molecule has 3 nitrogen and oxygen atoms in total. The average Bonchev–Trinajstić information content (AvgIpc) is 3.17. The number of rotatable bonds is 8. The second-order valence-corrected chi connectivity index (χ2v) is 12.7. The first-order chi connectivity index (χ1) is 24.4. The van der Waals surface area contributed by atoms with Gasteiger partial charge in [0.2, 0.25) is 0 Å². The lowest BCUT2D eigenvalue weighted by Crippen LogP contribution is -2.05. The van der Waals surface area contributed by atoms with Gasteiger partial charge in [0, 0.05) is 22.3 Å². The Morgan fingerprint density at radius 1 is 0.380 bits per heavy atom. The molecule has 0 aliphatic heterocycles. The zero-order valence-electron chi connectivity index (χ0n) is 28.9. The van der Waals surface area contributed by atoms with E-state index in [4.69, 9.17) is 15.0 Å². The number of pyridine rings is 1. The number of aliphatic imine (C=N–C) groups is 2. The molecule has 0 unspecified atom stereocenters. The summed E-state index contributed by atoms with van der Waals surface area (Å²) in [5.74, 6) is 0. The highest BCUT2D eigenvalue weighted by Crippen LogP contribution is 2.42. The standard InChI is InChI=1S/C47H39N3/c1-32-28-40(36-18-9-5-10-19-36)46(41(29-32)37-20-11-6-12-21-37)48-34(3)44-26-17-27-45(50-44)35(4)49-47-42(38-22-13-7-14-23-38)30-33(2)31-43(47)39-24-15-8-16-25-39/h5-31H,1-4H3/b48-34+,49-35+. The van der Waals surface area contributed by atoms with Crippen molar-refractivity contribution >= 4 is 22.8 Å². The van der Waals surface area contributed by atoms with Crippen LogP contribution in [-0.4, -0.2) is 16.4 Å². The van der Waals surface area contributed by atoms with Crippen LogP contribution in [0.15, 0.2) is 174 Å². The maximum atomic E-state index is 5.34. The van der Waals surface area contributed by atoms with Crippen molar-refractivity contribution in [2.45, 2.75) is 27.7 Å². The minimum atomic E-state index is 0.811. The third-order valence-corrected chi connectivity index (χ3v) is 8.90. The SMILES string of the molecule is C/C(=N\c1c(-c2ccccc2)cc(C)cc1-c1ccccc1)c1cccc(/C(C)=N/c2c(-c3ccccc3)cc(C)cc2-c2ccccc2)n1. The number of hydrogen-bond acceptors (Lipinski definition) is 3. The third-order valence-electron chi connectivity index (χ3n) is 8.90. The molecule has 7 aromatic rings. The van der Waals surface area contributed by atoms with Gasteiger partial charge in [-0.2, -0.15) is 0 Å². The second kappa shape index (κ2) is 14.5. The van der Waals surface area contributed by atoms with E-state index < -0.39 is 0 Å². The van der Waals surface area contributed by atoms with Gasteiger partial charge >= 0.3 is 0 Å². The Labute approximate surface area is 295 Å². The Hall–Kier alpha value is -6.19. The van der Waals surface area contributed by atoms with Gasteiger partial charge in [-0.15, -0.1) is 0 Å². The molecule has 0 saturated carbocycles. The molecule has 50 heavy (non-hydrogen) atoms. The van der Waals surface area contributed by atoms with Gasteiger partial charge in [-0.05, 0) is 97.5 Å². The van der Waals surface area contributed by atoms with Crippen molar-refractivity contribution in [2.24, 2.45) is 9.98 Å². The molecule has 0 saturated heterocycles. The first-order valence-corrected chi connectivity index (χ1v) is 17.0. The highest BCUT2D eigenvalue weighted by atomic mass is 14.8. The summed E-state index contributed by atoms with van der Waals surface area (Å²) in [7, 11) is 0. The number of benzene rings is 6. The molecule has 0 atom stereocenters. The van der Waals surface area contributed by atoms with E-state index in [1.165, 1.54) is 11.1 Å². The second-order valence-electron chi connectivity index (χ2n) is 12.7. The normalized spacial score (nSPS) is 11.8. The predicted octanol–water partition coefficient (Wildman–Crippen LogP) is 12.6. The van der Waals surface area contributed by atoms with Crippen LogP contribution in [0.1, 0.15) is 36.4 Å². The Kier molecular flexibility index (Phi) is 9.39. The maximum absolute atomic E-state index is 5.34. The fourth-order valence-corrected chi connectivity index (χ4v) is 6.44. The van der Waals surface area contributed by atoms with Gasteiger partial charge in [0.15, 0.2) is 0 Å². The van der Waals surface area contributed by atoms with Crippen LogP contribution in [0.2, 0.25) is 0 Å². The molecular weight excluding hydrogens is 607 g/mol. The maximum Gasteiger partial charge on any atom is 0.0849 e. The molecule has 0 N–H and O–H groups in total. The Morgan fingerprint density at radius 2 is 0.660 bits per heavy atom. The molecule has 0 aliphatic rings. The molecule has 6 aromatic carbocycles. The van der Waals surface area contributed by atoms with Gasteiger partial charge in [-0.1, -0.05) is 127 Å². The summed E-state index contributed by atoms with van der Waals surface area (Å²) in [6.45, 7) is 8.38. The van der Waals surface area contributed by atoms with Crippen LogP contribution < -0.4 is 0 Å². The summed E-state index contributed by atoms with van der Waals surface area (Å²) in [5.41, 5.74) is 16.4. The van der Waals surface area contributed by atoms with E-state index in [9.17, 15) is 0 Å². The third kappa shape index (κ3) is 6.99. The van der Waals surface area contributed by atoms with Gasteiger partial charge in [-0.3, -0.25) is 9.98 Å². The van der Waals surface area contributed by atoms with E-state index in [1.807, 2.05) is 56.3 Å². The van der Waals surface area contributed by atoms with Crippen LogP contribution in [0, 0.1) is 13.8 Å². The fourth-order valence-electron chi connectivity index (χ4n) is 6.44. The molecule has 0 radical (unpaired) electrons. The predicted molar refractivity (Wildman–Crippen MR) is 212 cm³/mol. The molecule has 0 spiro atoms. The van der Waals surface area contributed by atoms with Crippen molar-refractivity contribution in [3.05, 3.63) is 186 Å². The van der Waals surface area contributed by atoms with Crippen molar-refractivity contribution in [3.63, 3.8) is 0 Å². The monoisotopic (exact) mass is 645 g/mol. The van der Waals surface area contributed by atoms with Crippen molar-refractivity contribution in [3.8, 4) is 44.5 Å². The molecule has 0 fully saturated rings. The summed E-state index contributed by atoms with van der Waals surface area (Å²) >= 11 is 0. The Morgan fingerprint density at radius 3 is 0.940 bits per heavy atom. The summed E-state index contributed by atoms with van der Waals surface area (Å²) in [6.07, 6.45) is 0. The summed E-state index contributed by atoms with van der Waals surface area (Å²) in [6, 6.07) is 57.0. The molecule has 0 amide bonds. The van der Waals surface area contributed by atoms with Crippen LogP contribution in [0.25, 0.3) is 44.5 Å². The van der Waals surface area contributed by atoms with Crippen molar-refractivity contribution in [1.29, 1.82) is 0 Å². The molecule has 0 bridgehead atoms. The van der Waals surface area contributed by atoms with Crippen LogP contribution >= 0.6 is 0 Å². The lowest BCUT2D eigenvalue weighted by molar-refractivity contribution is 1.24. The van der Waals surface area contributed by atoms with Crippen LogP contribution in [0.3, 0.4) is 0 Å². The average molecular weight is 646 g/mol. The van der Waals surface area contributed by atoms with Gasteiger partial charge in [0.25, 0.3) is 0 Å². The van der Waals surface area contributed by atoms with Crippen LogP contribution in [-0.2, 0) is 0 Å². The molecule has 7 rings (SSSR count). The van der Waals surface area contributed by atoms with Crippen molar-refractivity contribution in [2.75, 3.05) is 0 Å². The molecule has 0 aliphatic carbocycles. The summed E-state index contributed by atoms with van der Waals surface area (Å²) in [5, 5.41) is 0. The van der Waals surface area contributed by atoms with E-state index in [-0.39, 0.29) is 0 Å². The minimum Gasteiger partial charge on any atom is -0.250 e. The van der Waals surface area contributed by atoms with E-state index in [1.54, 1.807) is 0 Å². The molecular formula is C47H39N3. The van der Waals surface area contributed by atoms with E-state index in [0.717, 1.165) is 78.7 Å². The minimum absolute atomic E-state index is 0.811. The topological polar surface area (TPSA) is 37.6 Å². The van der Waals surface area contributed by atoms with E-state index >= 15 is 0 Å². The lowest BCUT2D eigenvalue weighted by atomic mass is 9.93. The van der Waals surface area contributed by atoms with Gasteiger partial charge in [-0.25, -0.2) is 4.98 Å². The quantitative estimate of drug-likeness (QED) is 0.152. The van der Waals surface area contributed by atoms with E-state index in [2.05, 4.69) is 135 Å². The highest BCUT2D eigenvalue weighted by molar-refractivity contribution is 6.05. The van der Waals surface area contributed by atoms with Gasteiger partial charge in [0.1, 0.15) is 0 Å². The van der Waals surface area contributed by atoms with Crippen molar-refractivity contribution < 1.29 is 0 Å². The van der Waals surface area contributed by atoms with Gasteiger partial charge in [0.05, 0.1) is 34.2 Å². The molecule has 1 aromatic heterocycles.